The number of hydrogen-bond donors (Lipinski definition) is 2. The summed E-state index contributed by atoms with van der Waals surface area (Å²) < 4.78 is 28.2. The van der Waals surface area contributed by atoms with Crippen LogP contribution in [0.3, 0.4) is 0 Å². The number of hydrogen-bond acceptors (Lipinski definition) is 3. The summed E-state index contributed by atoms with van der Waals surface area (Å²) in [7, 11) is -3.62. The van der Waals surface area contributed by atoms with Crippen LogP contribution in [0.1, 0.15) is 11.1 Å². The molecule has 2 aromatic rings. The summed E-state index contributed by atoms with van der Waals surface area (Å²) >= 11 is 3.38. The lowest BCUT2D eigenvalue weighted by molar-refractivity contribution is 0.601. The molecule has 0 unspecified atom stereocenters. The molecule has 0 fully saturated rings. The maximum Gasteiger partial charge on any atom is 0.261 e. The fraction of sp³-hybridized carbons (Fsp3) is 0.143. The van der Waals surface area contributed by atoms with E-state index in [-0.39, 0.29) is 4.90 Å². The largest absolute Gasteiger partial charge is 0.399 e. The molecule has 0 bridgehead atoms. The molecule has 106 valence electrons. The van der Waals surface area contributed by atoms with Gasteiger partial charge in [-0.3, -0.25) is 4.72 Å². The second-order valence-corrected chi connectivity index (χ2v) is 7.07. The highest BCUT2D eigenvalue weighted by Gasteiger charge is 2.16. The predicted molar refractivity (Wildman–Crippen MR) is 85.3 cm³/mol. The average Bonchev–Trinajstić information content (AvgIpc) is 2.38. The smallest absolute Gasteiger partial charge is 0.261 e. The van der Waals surface area contributed by atoms with Gasteiger partial charge < -0.3 is 5.73 Å². The zero-order valence-corrected chi connectivity index (χ0v) is 13.5. The third kappa shape index (κ3) is 2.96. The Labute approximate surface area is 127 Å². The third-order valence-corrected chi connectivity index (χ3v) is 5.29. The summed E-state index contributed by atoms with van der Waals surface area (Å²) in [5.41, 5.74) is 8.40. The van der Waals surface area contributed by atoms with E-state index in [9.17, 15) is 8.42 Å². The van der Waals surface area contributed by atoms with E-state index in [4.69, 9.17) is 5.73 Å². The SMILES string of the molecule is Cc1cc(S(=O)(=O)Nc2cccc(Br)c2C)ccc1N. The van der Waals surface area contributed by atoms with Crippen molar-refractivity contribution in [2.45, 2.75) is 18.7 Å². The first-order valence-electron chi connectivity index (χ1n) is 5.95. The van der Waals surface area contributed by atoms with Crippen molar-refractivity contribution in [3.8, 4) is 0 Å². The van der Waals surface area contributed by atoms with E-state index < -0.39 is 10.0 Å². The molecule has 0 spiro atoms. The van der Waals surface area contributed by atoms with E-state index in [1.165, 1.54) is 6.07 Å². The minimum atomic E-state index is -3.62. The van der Waals surface area contributed by atoms with Gasteiger partial charge in [0.15, 0.2) is 0 Å². The van der Waals surface area contributed by atoms with Crippen LogP contribution in [-0.4, -0.2) is 8.42 Å². The number of anilines is 2. The van der Waals surface area contributed by atoms with Crippen LogP contribution in [0.15, 0.2) is 45.8 Å². The van der Waals surface area contributed by atoms with Crippen molar-refractivity contribution in [3.63, 3.8) is 0 Å². The monoisotopic (exact) mass is 354 g/mol. The number of nitrogens with one attached hydrogen (secondary N) is 1. The van der Waals surface area contributed by atoms with Gasteiger partial charge in [0.2, 0.25) is 0 Å². The number of benzene rings is 2. The quantitative estimate of drug-likeness (QED) is 0.829. The van der Waals surface area contributed by atoms with Crippen LogP contribution in [0.25, 0.3) is 0 Å². The molecule has 6 heteroatoms. The first kappa shape index (κ1) is 14.9. The van der Waals surface area contributed by atoms with Crippen molar-refractivity contribution in [1.29, 1.82) is 0 Å². The zero-order valence-electron chi connectivity index (χ0n) is 11.1. The van der Waals surface area contributed by atoms with Gasteiger partial charge in [-0.25, -0.2) is 8.42 Å². The molecule has 0 saturated heterocycles. The summed E-state index contributed by atoms with van der Waals surface area (Å²) in [5.74, 6) is 0. The van der Waals surface area contributed by atoms with Gasteiger partial charge in [0.25, 0.3) is 10.0 Å². The highest BCUT2D eigenvalue weighted by Crippen LogP contribution is 2.26. The number of sulfonamides is 1. The van der Waals surface area contributed by atoms with E-state index in [0.717, 1.165) is 15.6 Å². The van der Waals surface area contributed by atoms with Crippen LogP contribution in [0.5, 0.6) is 0 Å². The first-order chi connectivity index (χ1) is 9.31. The molecule has 0 atom stereocenters. The first-order valence-corrected chi connectivity index (χ1v) is 8.23. The lowest BCUT2D eigenvalue weighted by atomic mass is 10.2. The minimum absolute atomic E-state index is 0.198. The fourth-order valence-corrected chi connectivity index (χ4v) is 3.31. The topological polar surface area (TPSA) is 72.2 Å². The van der Waals surface area contributed by atoms with E-state index in [0.29, 0.717) is 11.4 Å². The van der Waals surface area contributed by atoms with Gasteiger partial charge in [-0.2, -0.15) is 0 Å². The van der Waals surface area contributed by atoms with E-state index in [2.05, 4.69) is 20.7 Å². The molecular formula is C14H15BrN2O2S. The summed E-state index contributed by atoms with van der Waals surface area (Å²) in [5, 5.41) is 0. The molecule has 4 nitrogen and oxygen atoms in total. The van der Waals surface area contributed by atoms with Crippen LogP contribution in [-0.2, 0) is 10.0 Å². The van der Waals surface area contributed by atoms with Gasteiger partial charge >= 0.3 is 0 Å². The molecular weight excluding hydrogens is 340 g/mol. The number of nitrogen functional groups attached to an aromatic ring is 1. The Morgan fingerprint density at radius 2 is 1.85 bits per heavy atom. The second-order valence-electron chi connectivity index (χ2n) is 4.54. The number of halogens is 1. The average molecular weight is 355 g/mol. The highest BCUT2D eigenvalue weighted by molar-refractivity contribution is 9.10. The van der Waals surface area contributed by atoms with Gasteiger partial charge in [-0.1, -0.05) is 22.0 Å². The van der Waals surface area contributed by atoms with E-state index in [1.807, 2.05) is 13.0 Å². The molecule has 0 aromatic heterocycles. The molecule has 0 saturated carbocycles. The maximum atomic E-state index is 12.4. The molecule has 0 aliphatic carbocycles. The Bertz CT molecular complexity index is 758. The molecule has 0 radical (unpaired) electrons. The Hall–Kier alpha value is -1.53. The van der Waals surface area contributed by atoms with Crippen LogP contribution in [0.2, 0.25) is 0 Å². The Balaban J connectivity index is 2.41. The van der Waals surface area contributed by atoms with E-state index in [1.54, 1.807) is 31.2 Å². The molecule has 0 aliphatic rings. The van der Waals surface area contributed by atoms with Crippen LogP contribution in [0, 0.1) is 13.8 Å². The van der Waals surface area contributed by atoms with Crippen molar-refractivity contribution in [2.24, 2.45) is 0 Å². The lowest BCUT2D eigenvalue weighted by Crippen LogP contribution is -2.14. The highest BCUT2D eigenvalue weighted by atomic mass is 79.9. The number of nitrogens with two attached hydrogens (primary N) is 1. The van der Waals surface area contributed by atoms with Gasteiger partial charge in [0.1, 0.15) is 0 Å². The normalized spacial score (nSPS) is 11.3. The molecule has 20 heavy (non-hydrogen) atoms. The Morgan fingerprint density at radius 1 is 1.15 bits per heavy atom. The Morgan fingerprint density at radius 3 is 2.50 bits per heavy atom. The summed E-state index contributed by atoms with van der Waals surface area (Å²) in [6.07, 6.45) is 0. The van der Waals surface area contributed by atoms with Crippen molar-refractivity contribution in [1.82, 2.24) is 0 Å². The second kappa shape index (κ2) is 5.46. The molecule has 2 rings (SSSR count). The summed E-state index contributed by atoms with van der Waals surface area (Å²) in [6.45, 7) is 3.62. The summed E-state index contributed by atoms with van der Waals surface area (Å²) in [4.78, 5) is 0.198. The standard InChI is InChI=1S/C14H15BrN2O2S/c1-9-8-11(6-7-13(9)16)20(18,19)17-14-5-3-4-12(15)10(14)2/h3-8,17H,16H2,1-2H3. The zero-order chi connectivity index (χ0) is 14.9. The van der Waals surface area contributed by atoms with Crippen LogP contribution in [0.4, 0.5) is 11.4 Å². The van der Waals surface area contributed by atoms with Gasteiger partial charge in [-0.05, 0) is 55.3 Å². The predicted octanol–water partition coefficient (Wildman–Crippen LogP) is 3.45. The van der Waals surface area contributed by atoms with Gasteiger partial charge in [-0.15, -0.1) is 0 Å². The lowest BCUT2D eigenvalue weighted by Gasteiger charge is -2.12. The maximum absolute atomic E-state index is 12.4. The summed E-state index contributed by atoms with van der Waals surface area (Å²) in [6, 6.07) is 10.0. The molecule has 0 aliphatic heterocycles. The fourth-order valence-electron chi connectivity index (χ4n) is 1.74. The van der Waals surface area contributed by atoms with Gasteiger partial charge in [0, 0.05) is 10.2 Å². The molecule has 2 aromatic carbocycles. The van der Waals surface area contributed by atoms with Crippen LogP contribution >= 0.6 is 15.9 Å². The van der Waals surface area contributed by atoms with Gasteiger partial charge in [0.05, 0.1) is 10.6 Å². The number of aryl methyl sites for hydroxylation is 1. The van der Waals surface area contributed by atoms with Crippen molar-refractivity contribution < 1.29 is 8.42 Å². The Kier molecular flexibility index (Phi) is 4.06. The van der Waals surface area contributed by atoms with Crippen molar-refractivity contribution >= 4 is 37.3 Å². The molecule has 0 heterocycles. The van der Waals surface area contributed by atoms with Crippen LogP contribution < -0.4 is 10.5 Å². The minimum Gasteiger partial charge on any atom is -0.399 e. The van der Waals surface area contributed by atoms with Crippen molar-refractivity contribution in [3.05, 3.63) is 52.0 Å². The number of rotatable bonds is 3. The molecule has 3 N–H and O–H groups in total. The third-order valence-electron chi connectivity index (χ3n) is 3.06. The van der Waals surface area contributed by atoms with Crippen molar-refractivity contribution in [2.75, 3.05) is 10.5 Å². The molecule has 0 amide bonds. The van der Waals surface area contributed by atoms with E-state index >= 15 is 0 Å².